The highest BCUT2D eigenvalue weighted by Crippen LogP contribution is 2.26. The molecule has 0 aliphatic carbocycles. The Balaban J connectivity index is 2.17. The Hall–Kier alpha value is -1.29. The highest BCUT2D eigenvalue weighted by molar-refractivity contribution is 5.52. The van der Waals surface area contributed by atoms with Gasteiger partial charge in [-0.1, -0.05) is 0 Å². The van der Waals surface area contributed by atoms with E-state index in [1.165, 1.54) is 6.42 Å². The van der Waals surface area contributed by atoms with E-state index in [0.717, 1.165) is 24.7 Å². The van der Waals surface area contributed by atoms with Crippen LogP contribution < -0.4 is 15.0 Å². The van der Waals surface area contributed by atoms with Crippen molar-refractivity contribution in [3.05, 3.63) is 18.3 Å². The van der Waals surface area contributed by atoms with Gasteiger partial charge in [0, 0.05) is 25.8 Å². The second kappa shape index (κ2) is 5.16. The van der Waals surface area contributed by atoms with Gasteiger partial charge in [0.2, 0.25) is 0 Å². The summed E-state index contributed by atoms with van der Waals surface area (Å²) in [5.41, 5.74) is 0. The Kier molecular flexibility index (Phi) is 3.62. The molecule has 1 N–H and O–H groups in total. The number of aromatic nitrogens is 1. The van der Waals surface area contributed by atoms with Crippen molar-refractivity contribution in [2.45, 2.75) is 19.4 Å². The van der Waals surface area contributed by atoms with E-state index in [1.54, 1.807) is 0 Å². The Labute approximate surface area is 96.6 Å². The molecule has 0 aromatic carbocycles. The molecule has 1 aliphatic rings. The molecule has 1 fully saturated rings. The Bertz CT molecular complexity index is 337. The van der Waals surface area contributed by atoms with Crippen molar-refractivity contribution in [2.75, 3.05) is 31.6 Å². The predicted octanol–water partition coefficient (Wildman–Crippen LogP) is 1.28. The van der Waals surface area contributed by atoms with Crippen molar-refractivity contribution < 1.29 is 4.74 Å². The molecule has 1 aliphatic heterocycles. The topological polar surface area (TPSA) is 37.4 Å². The number of hydrogen-bond donors (Lipinski definition) is 1. The number of ether oxygens (including phenoxy) is 1. The maximum atomic E-state index is 5.59. The van der Waals surface area contributed by atoms with Gasteiger partial charge in [-0.05, 0) is 32.0 Å². The van der Waals surface area contributed by atoms with Gasteiger partial charge in [0.05, 0.1) is 6.61 Å². The van der Waals surface area contributed by atoms with E-state index in [1.807, 2.05) is 25.3 Å². The summed E-state index contributed by atoms with van der Waals surface area (Å²) in [7, 11) is 2.09. The van der Waals surface area contributed by atoms with Crippen LogP contribution in [0.25, 0.3) is 0 Å². The van der Waals surface area contributed by atoms with Gasteiger partial charge < -0.3 is 15.0 Å². The van der Waals surface area contributed by atoms with Gasteiger partial charge in [-0.3, -0.25) is 0 Å². The highest BCUT2D eigenvalue weighted by atomic mass is 16.5. The zero-order valence-electron chi connectivity index (χ0n) is 9.94. The lowest BCUT2D eigenvalue weighted by atomic mass is 10.2. The van der Waals surface area contributed by atoms with Crippen LogP contribution in [0.3, 0.4) is 0 Å². The van der Waals surface area contributed by atoms with E-state index in [4.69, 9.17) is 4.74 Å². The van der Waals surface area contributed by atoms with Crippen molar-refractivity contribution in [2.24, 2.45) is 0 Å². The Morgan fingerprint density at radius 3 is 3.19 bits per heavy atom. The zero-order chi connectivity index (χ0) is 11.4. The summed E-state index contributed by atoms with van der Waals surface area (Å²) >= 11 is 0. The van der Waals surface area contributed by atoms with Gasteiger partial charge in [0.15, 0.2) is 11.6 Å². The molecule has 1 saturated heterocycles. The average molecular weight is 221 g/mol. The summed E-state index contributed by atoms with van der Waals surface area (Å²) in [6.45, 7) is 4.79. The molecule has 0 radical (unpaired) electrons. The molecule has 0 amide bonds. The average Bonchev–Trinajstić information content (AvgIpc) is 2.83. The third-order valence-corrected chi connectivity index (χ3v) is 2.97. The maximum absolute atomic E-state index is 5.59. The van der Waals surface area contributed by atoms with Gasteiger partial charge >= 0.3 is 0 Å². The first kappa shape index (κ1) is 11.2. The van der Waals surface area contributed by atoms with Crippen molar-refractivity contribution in [3.63, 3.8) is 0 Å². The van der Waals surface area contributed by atoms with Crippen molar-refractivity contribution in [1.29, 1.82) is 0 Å². The van der Waals surface area contributed by atoms with Gasteiger partial charge in [-0.15, -0.1) is 0 Å². The third-order valence-electron chi connectivity index (χ3n) is 2.97. The van der Waals surface area contributed by atoms with Crippen molar-refractivity contribution >= 4 is 5.82 Å². The summed E-state index contributed by atoms with van der Waals surface area (Å²) in [6.07, 6.45) is 2.98. The highest BCUT2D eigenvalue weighted by Gasteiger charge is 2.22. The molecule has 4 heteroatoms. The standard InChI is InChI=1S/C12H19N3O/c1-3-16-11-5-4-7-14-12(11)15(2)10-6-8-13-9-10/h4-5,7,10,13H,3,6,8-9H2,1-2H3. The lowest BCUT2D eigenvalue weighted by Gasteiger charge is -2.26. The molecule has 0 bridgehead atoms. The molecule has 2 rings (SSSR count). The van der Waals surface area contributed by atoms with Crippen LogP contribution >= 0.6 is 0 Å². The number of pyridine rings is 1. The summed E-state index contributed by atoms with van der Waals surface area (Å²) in [6, 6.07) is 4.41. The molecular weight excluding hydrogens is 202 g/mol. The fourth-order valence-electron chi connectivity index (χ4n) is 2.06. The third kappa shape index (κ3) is 2.27. The zero-order valence-corrected chi connectivity index (χ0v) is 9.94. The van der Waals surface area contributed by atoms with E-state index >= 15 is 0 Å². The van der Waals surface area contributed by atoms with Gasteiger partial charge in [0.1, 0.15) is 0 Å². The van der Waals surface area contributed by atoms with Gasteiger partial charge in [-0.2, -0.15) is 0 Å². The van der Waals surface area contributed by atoms with Crippen molar-refractivity contribution in [3.8, 4) is 5.75 Å². The van der Waals surface area contributed by atoms with E-state index in [-0.39, 0.29) is 0 Å². The van der Waals surface area contributed by atoms with Crippen LogP contribution in [-0.4, -0.2) is 37.8 Å². The molecular formula is C12H19N3O. The van der Waals surface area contributed by atoms with Crippen LogP contribution in [0.4, 0.5) is 5.82 Å². The largest absolute Gasteiger partial charge is 0.490 e. The monoisotopic (exact) mass is 221 g/mol. The number of likely N-dealkylation sites (N-methyl/N-ethyl adjacent to an activating group) is 1. The molecule has 16 heavy (non-hydrogen) atoms. The summed E-state index contributed by atoms with van der Waals surface area (Å²) in [5.74, 6) is 1.82. The van der Waals surface area contributed by atoms with Crippen molar-refractivity contribution in [1.82, 2.24) is 10.3 Å². The second-order valence-electron chi connectivity index (χ2n) is 4.02. The number of nitrogens with one attached hydrogen (secondary N) is 1. The van der Waals surface area contributed by atoms with E-state index < -0.39 is 0 Å². The summed E-state index contributed by atoms with van der Waals surface area (Å²) in [4.78, 5) is 6.63. The number of anilines is 1. The normalized spacial score (nSPS) is 19.8. The molecule has 88 valence electrons. The Morgan fingerprint density at radius 2 is 2.50 bits per heavy atom. The van der Waals surface area contributed by atoms with Crippen LogP contribution in [0.1, 0.15) is 13.3 Å². The fourth-order valence-corrected chi connectivity index (χ4v) is 2.06. The maximum Gasteiger partial charge on any atom is 0.171 e. The smallest absolute Gasteiger partial charge is 0.171 e. The van der Waals surface area contributed by atoms with Crippen LogP contribution in [0.2, 0.25) is 0 Å². The second-order valence-corrected chi connectivity index (χ2v) is 4.02. The first-order valence-electron chi connectivity index (χ1n) is 5.84. The molecule has 2 heterocycles. The molecule has 1 aromatic rings. The Morgan fingerprint density at radius 1 is 1.62 bits per heavy atom. The van der Waals surface area contributed by atoms with Crippen LogP contribution in [0.15, 0.2) is 18.3 Å². The van der Waals surface area contributed by atoms with E-state index in [9.17, 15) is 0 Å². The minimum absolute atomic E-state index is 0.522. The minimum Gasteiger partial charge on any atom is -0.490 e. The first-order chi connectivity index (χ1) is 7.83. The molecule has 1 unspecified atom stereocenters. The van der Waals surface area contributed by atoms with Crippen LogP contribution in [0, 0.1) is 0 Å². The minimum atomic E-state index is 0.522. The predicted molar refractivity (Wildman–Crippen MR) is 65.1 cm³/mol. The van der Waals surface area contributed by atoms with Crippen LogP contribution in [-0.2, 0) is 0 Å². The first-order valence-corrected chi connectivity index (χ1v) is 5.84. The number of rotatable bonds is 4. The SMILES string of the molecule is CCOc1cccnc1N(C)C1CCNC1. The molecule has 0 spiro atoms. The lowest BCUT2D eigenvalue weighted by molar-refractivity contribution is 0.338. The quantitative estimate of drug-likeness (QED) is 0.831. The number of nitrogens with zero attached hydrogens (tertiary/aromatic N) is 2. The molecule has 1 atom stereocenters. The molecule has 1 aromatic heterocycles. The molecule has 0 saturated carbocycles. The number of hydrogen-bond acceptors (Lipinski definition) is 4. The van der Waals surface area contributed by atoms with E-state index in [2.05, 4.69) is 22.2 Å². The van der Waals surface area contributed by atoms with Gasteiger partial charge in [-0.25, -0.2) is 4.98 Å². The summed E-state index contributed by atoms with van der Waals surface area (Å²) in [5, 5.41) is 3.36. The molecule has 4 nitrogen and oxygen atoms in total. The fraction of sp³-hybridized carbons (Fsp3) is 0.583. The lowest BCUT2D eigenvalue weighted by Crippen LogP contribution is -2.34. The summed E-state index contributed by atoms with van der Waals surface area (Å²) < 4.78 is 5.59. The van der Waals surface area contributed by atoms with Gasteiger partial charge in [0.25, 0.3) is 0 Å². The van der Waals surface area contributed by atoms with E-state index in [0.29, 0.717) is 12.6 Å². The van der Waals surface area contributed by atoms with Crippen LogP contribution in [0.5, 0.6) is 5.75 Å².